The topological polar surface area (TPSA) is 171 Å². The first kappa shape index (κ1) is 26.6. The summed E-state index contributed by atoms with van der Waals surface area (Å²) in [5, 5.41) is 19.0. The van der Waals surface area contributed by atoms with Crippen molar-refractivity contribution in [3.8, 4) is 0 Å². The number of carbonyl (C=O) groups is 1. The Labute approximate surface area is 217 Å². The Morgan fingerprint density at radius 1 is 1.36 bits per heavy atom. The Balaban J connectivity index is 1.51. The first-order chi connectivity index (χ1) is 17.0. The molecule has 0 saturated heterocycles. The van der Waals surface area contributed by atoms with Gasteiger partial charge in [-0.15, -0.1) is 11.3 Å². The summed E-state index contributed by atoms with van der Waals surface area (Å²) in [5.74, 6) is -0.368. The summed E-state index contributed by atoms with van der Waals surface area (Å²) in [4.78, 5) is 23.1. The van der Waals surface area contributed by atoms with Crippen molar-refractivity contribution in [2.45, 2.75) is 38.0 Å². The Morgan fingerprint density at radius 3 is 2.86 bits per heavy atom. The Kier molecular flexibility index (Phi) is 8.05. The molecule has 1 saturated carbocycles. The smallest absolute Gasteiger partial charge is 0.333 e. The predicted octanol–water partition coefficient (Wildman–Crippen LogP) is 2.55. The highest BCUT2D eigenvalue weighted by molar-refractivity contribution is 7.84. The average Bonchev–Trinajstić information content (AvgIpc) is 3.38. The van der Waals surface area contributed by atoms with E-state index in [0.29, 0.717) is 28.6 Å². The maximum Gasteiger partial charge on any atom is 0.333 e. The highest BCUT2D eigenvalue weighted by Gasteiger charge is 2.35. The average molecular weight is 552 g/mol. The van der Waals surface area contributed by atoms with Crippen LogP contribution in [0.1, 0.15) is 50.1 Å². The van der Waals surface area contributed by atoms with Crippen LogP contribution in [-0.4, -0.2) is 48.0 Å². The van der Waals surface area contributed by atoms with Gasteiger partial charge in [-0.1, -0.05) is 23.7 Å². The van der Waals surface area contributed by atoms with Gasteiger partial charge in [0.05, 0.1) is 29.2 Å². The molecule has 1 aliphatic rings. The zero-order valence-corrected chi connectivity index (χ0v) is 21.7. The molecule has 1 aliphatic carbocycles. The van der Waals surface area contributed by atoms with E-state index in [-0.39, 0.29) is 24.0 Å². The number of aromatic nitrogens is 2. The summed E-state index contributed by atoms with van der Waals surface area (Å²) in [6.45, 7) is 1.68. The number of aryl methyl sites for hydroxylation is 1. The number of thiophene rings is 1. The molecule has 0 bridgehead atoms. The van der Waals surface area contributed by atoms with Crippen LogP contribution in [0.5, 0.6) is 0 Å². The van der Waals surface area contributed by atoms with Crippen LogP contribution >= 0.6 is 22.9 Å². The third kappa shape index (κ3) is 6.27. The molecule has 1 fully saturated rings. The predicted molar refractivity (Wildman–Crippen MR) is 137 cm³/mol. The number of benzene rings is 1. The minimum atomic E-state index is -4.10. The number of aliphatic hydroxyl groups is 1. The fourth-order valence-electron chi connectivity index (χ4n) is 4.32. The summed E-state index contributed by atoms with van der Waals surface area (Å²) in [6.07, 6.45) is 2.71. The van der Waals surface area contributed by atoms with E-state index in [1.54, 1.807) is 18.2 Å². The SMILES string of the molecule is Cc1sc(C(=O)c2cncnc2N[C@@H]2C[C@H](COS(N)(=O)=O)[C@@H](O)C2)cc1[C@H](N)c1cccc(Cl)c1. The molecule has 0 amide bonds. The second-order valence-corrected chi connectivity index (χ2v) is 11.6. The first-order valence-corrected chi connectivity index (χ1v) is 13.8. The van der Waals surface area contributed by atoms with E-state index in [1.807, 2.05) is 19.1 Å². The van der Waals surface area contributed by atoms with Crippen molar-refractivity contribution >= 4 is 44.8 Å². The number of halogens is 1. The molecule has 36 heavy (non-hydrogen) atoms. The third-order valence-corrected chi connectivity index (χ3v) is 7.89. The standard InChI is InChI=1S/C23H26ClN5O5S2/c1-12-17(21(25)13-3-2-4-15(24)5-13)8-20(35-12)22(31)18-9-27-11-28-23(18)29-16-6-14(19(30)7-16)10-34-36(26,32)33/h2-5,8-9,11,14,16,19,21,30H,6-7,10,25H2,1H3,(H2,26,32,33)(H,27,28,29)/t14-,16-,19+,21-/m1/s1. The van der Waals surface area contributed by atoms with Crippen LogP contribution in [0.15, 0.2) is 42.9 Å². The molecular weight excluding hydrogens is 526 g/mol. The maximum absolute atomic E-state index is 13.4. The lowest BCUT2D eigenvalue weighted by atomic mass is 9.99. The highest BCUT2D eigenvalue weighted by Crippen LogP contribution is 2.33. The molecule has 0 spiro atoms. The van der Waals surface area contributed by atoms with Crippen molar-refractivity contribution in [2.24, 2.45) is 16.8 Å². The van der Waals surface area contributed by atoms with Crippen LogP contribution in [0, 0.1) is 12.8 Å². The van der Waals surface area contributed by atoms with Gasteiger partial charge in [-0.3, -0.25) is 8.98 Å². The molecule has 0 aliphatic heterocycles. The molecule has 0 unspecified atom stereocenters. The number of nitrogens with two attached hydrogens (primary N) is 2. The van der Waals surface area contributed by atoms with Crippen LogP contribution in [-0.2, 0) is 14.5 Å². The quantitative estimate of drug-likeness (QED) is 0.292. The second kappa shape index (κ2) is 10.9. The Morgan fingerprint density at radius 2 is 2.14 bits per heavy atom. The van der Waals surface area contributed by atoms with E-state index >= 15 is 0 Å². The van der Waals surface area contributed by atoms with Gasteiger partial charge in [0.2, 0.25) is 5.78 Å². The number of hydrogen-bond donors (Lipinski definition) is 4. The molecule has 2 aromatic heterocycles. The number of carbonyl (C=O) groups excluding carboxylic acids is 1. The molecule has 6 N–H and O–H groups in total. The van der Waals surface area contributed by atoms with Crippen LogP contribution in [0.3, 0.4) is 0 Å². The van der Waals surface area contributed by atoms with Crippen LogP contribution in [0.25, 0.3) is 0 Å². The minimum absolute atomic E-state index is 0.224. The number of rotatable bonds is 9. The van der Waals surface area contributed by atoms with E-state index in [2.05, 4.69) is 19.5 Å². The van der Waals surface area contributed by atoms with Crippen molar-refractivity contribution < 1.29 is 22.5 Å². The molecule has 0 radical (unpaired) electrons. The maximum atomic E-state index is 13.4. The number of aliphatic hydroxyl groups excluding tert-OH is 1. The van der Waals surface area contributed by atoms with E-state index in [4.69, 9.17) is 22.5 Å². The third-order valence-electron chi connectivity index (χ3n) is 6.12. The molecule has 10 nitrogen and oxygen atoms in total. The summed E-state index contributed by atoms with van der Waals surface area (Å²) in [6, 6.07) is 8.38. The monoisotopic (exact) mass is 551 g/mol. The summed E-state index contributed by atoms with van der Waals surface area (Å²) in [5.41, 5.74) is 8.42. The van der Waals surface area contributed by atoms with E-state index in [9.17, 15) is 18.3 Å². The van der Waals surface area contributed by atoms with Crippen molar-refractivity contribution in [1.82, 2.24) is 9.97 Å². The van der Waals surface area contributed by atoms with Gasteiger partial charge in [-0.05, 0) is 49.1 Å². The molecule has 1 aromatic carbocycles. The Hall–Kier alpha value is -2.45. The molecule has 4 atom stereocenters. The number of anilines is 1. The first-order valence-electron chi connectivity index (χ1n) is 11.1. The van der Waals surface area contributed by atoms with Crippen molar-refractivity contribution in [2.75, 3.05) is 11.9 Å². The second-order valence-electron chi connectivity index (χ2n) is 8.69. The van der Waals surface area contributed by atoms with Crippen molar-refractivity contribution in [3.05, 3.63) is 74.3 Å². The number of hydrogen-bond acceptors (Lipinski definition) is 10. The number of ketones is 1. The fourth-order valence-corrected chi connectivity index (χ4v) is 5.90. The van der Waals surface area contributed by atoms with Gasteiger partial charge in [0.1, 0.15) is 12.1 Å². The number of nitrogens with one attached hydrogen (secondary N) is 1. The van der Waals surface area contributed by atoms with Crippen molar-refractivity contribution in [1.29, 1.82) is 0 Å². The van der Waals surface area contributed by atoms with Gasteiger partial charge in [-0.2, -0.15) is 8.42 Å². The lowest BCUT2D eigenvalue weighted by Gasteiger charge is -2.15. The zero-order chi connectivity index (χ0) is 26.0. The van der Waals surface area contributed by atoms with Gasteiger partial charge < -0.3 is 16.2 Å². The summed E-state index contributed by atoms with van der Waals surface area (Å²) >= 11 is 7.45. The summed E-state index contributed by atoms with van der Waals surface area (Å²) < 4.78 is 26.8. The molecule has 13 heteroatoms. The molecular formula is C23H26ClN5O5S2. The molecule has 3 aromatic rings. The molecule has 2 heterocycles. The highest BCUT2D eigenvalue weighted by atomic mass is 35.5. The lowest BCUT2D eigenvalue weighted by molar-refractivity contribution is 0.101. The van der Waals surface area contributed by atoms with Gasteiger partial charge >= 0.3 is 10.3 Å². The zero-order valence-electron chi connectivity index (χ0n) is 19.3. The van der Waals surface area contributed by atoms with Gasteiger partial charge in [0, 0.05) is 28.1 Å². The normalized spacial score (nSPS) is 20.9. The van der Waals surface area contributed by atoms with Gasteiger partial charge in [0.15, 0.2) is 0 Å². The minimum Gasteiger partial charge on any atom is -0.393 e. The Bertz CT molecular complexity index is 1370. The van der Waals surface area contributed by atoms with E-state index in [1.165, 1.54) is 23.9 Å². The summed E-state index contributed by atoms with van der Waals surface area (Å²) in [7, 11) is -4.10. The van der Waals surface area contributed by atoms with Crippen LogP contribution < -0.4 is 16.2 Å². The molecule has 4 rings (SSSR count). The van der Waals surface area contributed by atoms with Gasteiger partial charge in [0.25, 0.3) is 0 Å². The van der Waals surface area contributed by atoms with E-state index < -0.39 is 28.4 Å². The van der Waals surface area contributed by atoms with Gasteiger partial charge in [-0.25, -0.2) is 15.1 Å². The van der Waals surface area contributed by atoms with Crippen molar-refractivity contribution in [3.63, 3.8) is 0 Å². The lowest BCUT2D eigenvalue weighted by Crippen LogP contribution is -2.24. The largest absolute Gasteiger partial charge is 0.393 e. The van der Waals surface area contributed by atoms with Crippen LogP contribution in [0.2, 0.25) is 5.02 Å². The fraction of sp³-hybridized carbons (Fsp3) is 0.348. The molecule has 192 valence electrons. The van der Waals surface area contributed by atoms with E-state index in [0.717, 1.165) is 16.0 Å². The van der Waals surface area contributed by atoms with Crippen LogP contribution in [0.4, 0.5) is 5.82 Å². The number of nitrogens with zero attached hydrogens (tertiary/aromatic N) is 2.